The number of benzene rings is 1. The lowest BCUT2D eigenvalue weighted by molar-refractivity contribution is -0.136. The van der Waals surface area contributed by atoms with Crippen LogP contribution in [0.25, 0.3) is 0 Å². The zero-order valence-corrected chi connectivity index (χ0v) is 9.97. The summed E-state index contributed by atoms with van der Waals surface area (Å²) >= 11 is 0. The molecular formula is C11H12F2O3S. The summed E-state index contributed by atoms with van der Waals surface area (Å²) in [6.45, 7) is 1.58. The number of carboxylic acids is 1. The molecule has 2 unspecified atom stereocenters. The highest BCUT2D eigenvalue weighted by atomic mass is 32.2. The van der Waals surface area contributed by atoms with E-state index in [-0.39, 0.29) is 17.7 Å². The number of rotatable bonds is 5. The van der Waals surface area contributed by atoms with Crippen molar-refractivity contribution >= 4 is 16.8 Å². The maximum atomic E-state index is 13.2. The molecule has 0 aromatic heterocycles. The Hall–Kier alpha value is -1.30. The average Bonchev–Trinajstić information content (AvgIpc) is 2.24. The smallest absolute Gasteiger partial charge is 0.319 e. The van der Waals surface area contributed by atoms with Crippen LogP contribution in [0.5, 0.6) is 0 Å². The van der Waals surface area contributed by atoms with Crippen LogP contribution in [0.3, 0.4) is 0 Å². The minimum absolute atomic E-state index is 0.0666. The Morgan fingerprint density at radius 3 is 2.65 bits per heavy atom. The van der Waals surface area contributed by atoms with Crippen molar-refractivity contribution in [1.82, 2.24) is 0 Å². The van der Waals surface area contributed by atoms with Crippen LogP contribution in [0.2, 0.25) is 0 Å². The molecule has 94 valence electrons. The molecule has 0 aliphatic heterocycles. The van der Waals surface area contributed by atoms with Gasteiger partial charge in [0, 0.05) is 16.4 Å². The number of halogens is 2. The van der Waals surface area contributed by atoms with E-state index in [1.165, 1.54) is 0 Å². The number of hydrogen-bond acceptors (Lipinski definition) is 2. The Morgan fingerprint density at radius 1 is 1.47 bits per heavy atom. The molecule has 1 aromatic rings. The van der Waals surface area contributed by atoms with Crippen molar-refractivity contribution in [2.24, 2.45) is 0 Å². The van der Waals surface area contributed by atoms with Gasteiger partial charge in [0.15, 0.2) is 0 Å². The van der Waals surface area contributed by atoms with Crippen LogP contribution in [-0.4, -0.2) is 20.5 Å². The maximum Gasteiger partial charge on any atom is 0.319 e. The van der Waals surface area contributed by atoms with Crippen molar-refractivity contribution in [2.45, 2.75) is 24.3 Å². The molecule has 0 radical (unpaired) electrons. The van der Waals surface area contributed by atoms with E-state index in [9.17, 15) is 17.8 Å². The molecule has 0 bridgehead atoms. The lowest BCUT2D eigenvalue weighted by atomic mass is 10.2. The summed E-state index contributed by atoms with van der Waals surface area (Å²) in [4.78, 5) is 10.8. The van der Waals surface area contributed by atoms with Crippen LogP contribution in [0.15, 0.2) is 18.2 Å². The Bertz CT molecular complexity index is 448. The van der Waals surface area contributed by atoms with Gasteiger partial charge in [0.25, 0.3) is 0 Å². The summed E-state index contributed by atoms with van der Waals surface area (Å²) in [5.41, 5.74) is -0.0666. The number of hydrogen-bond donors (Lipinski definition) is 1. The van der Waals surface area contributed by atoms with Crippen molar-refractivity contribution in [1.29, 1.82) is 0 Å². The van der Waals surface area contributed by atoms with Gasteiger partial charge >= 0.3 is 5.97 Å². The Labute approximate surface area is 99.9 Å². The largest absolute Gasteiger partial charge is 0.480 e. The highest BCUT2D eigenvalue weighted by Crippen LogP contribution is 2.15. The zero-order chi connectivity index (χ0) is 13.0. The second-order valence-corrected chi connectivity index (χ2v) is 5.12. The Kier molecular flexibility index (Phi) is 4.74. The first-order valence-corrected chi connectivity index (χ1v) is 6.37. The molecule has 0 saturated carbocycles. The summed E-state index contributed by atoms with van der Waals surface area (Å²) in [7, 11) is -1.76. The first kappa shape index (κ1) is 13.8. The van der Waals surface area contributed by atoms with Crippen LogP contribution in [-0.2, 0) is 21.3 Å². The lowest BCUT2D eigenvalue weighted by Gasteiger charge is -2.10. The molecule has 0 fully saturated rings. The van der Waals surface area contributed by atoms with E-state index in [0.717, 1.165) is 18.2 Å². The maximum absolute atomic E-state index is 13.2. The highest BCUT2D eigenvalue weighted by molar-refractivity contribution is 7.85. The Morgan fingerprint density at radius 2 is 2.12 bits per heavy atom. The molecule has 0 saturated heterocycles. The van der Waals surface area contributed by atoms with Crippen LogP contribution in [0.4, 0.5) is 8.78 Å². The number of carboxylic acid groups (broad SMARTS) is 1. The van der Waals surface area contributed by atoms with Crippen molar-refractivity contribution in [2.75, 3.05) is 0 Å². The third-order valence-corrected chi connectivity index (χ3v) is 4.03. The summed E-state index contributed by atoms with van der Waals surface area (Å²) in [6.07, 6.45) is 0.179. The second-order valence-electron chi connectivity index (χ2n) is 3.50. The van der Waals surface area contributed by atoms with E-state index >= 15 is 0 Å². The fraction of sp³-hybridized carbons (Fsp3) is 0.364. The SMILES string of the molecule is CCC(C(=O)O)S(=O)Cc1cc(F)ccc1F. The molecule has 0 amide bonds. The predicted octanol–water partition coefficient (Wildman–Crippen LogP) is 2.08. The third kappa shape index (κ3) is 3.59. The van der Waals surface area contributed by atoms with Gasteiger partial charge in [-0.05, 0) is 24.6 Å². The molecule has 1 N–H and O–H groups in total. The van der Waals surface area contributed by atoms with Gasteiger partial charge in [0.05, 0.1) is 5.75 Å². The quantitative estimate of drug-likeness (QED) is 0.883. The molecule has 1 rings (SSSR count). The highest BCUT2D eigenvalue weighted by Gasteiger charge is 2.23. The lowest BCUT2D eigenvalue weighted by Crippen LogP contribution is -2.25. The normalized spacial score (nSPS) is 14.3. The van der Waals surface area contributed by atoms with Crippen molar-refractivity contribution in [3.8, 4) is 0 Å². The first-order valence-electron chi connectivity index (χ1n) is 4.99. The van der Waals surface area contributed by atoms with Crippen LogP contribution in [0, 0.1) is 11.6 Å². The molecule has 17 heavy (non-hydrogen) atoms. The zero-order valence-electron chi connectivity index (χ0n) is 9.15. The standard InChI is InChI=1S/C11H12F2O3S/c1-2-10(11(14)15)17(16)6-7-5-8(12)3-4-9(7)13/h3-5,10H,2,6H2,1H3,(H,14,15). The molecule has 0 heterocycles. The van der Waals surface area contributed by atoms with Gasteiger partial charge in [0.2, 0.25) is 0 Å². The van der Waals surface area contributed by atoms with Crippen LogP contribution >= 0.6 is 0 Å². The predicted molar refractivity (Wildman–Crippen MR) is 59.9 cm³/mol. The van der Waals surface area contributed by atoms with Crippen molar-refractivity contribution in [3.05, 3.63) is 35.4 Å². The van der Waals surface area contributed by atoms with Gasteiger partial charge in [-0.15, -0.1) is 0 Å². The van der Waals surface area contributed by atoms with Gasteiger partial charge in [-0.3, -0.25) is 9.00 Å². The second kappa shape index (κ2) is 5.86. The Balaban J connectivity index is 2.87. The molecule has 2 atom stereocenters. The van der Waals surface area contributed by atoms with E-state index in [1.807, 2.05) is 0 Å². The minimum atomic E-state index is -1.76. The fourth-order valence-corrected chi connectivity index (χ4v) is 2.71. The average molecular weight is 262 g/mol. The van der Waals surface area contributed by atoms with E-state index in [4.69, 9.17) is 5.11 Å². The van der Waals surface area contributed by atoms with Gasteiger partial charge in [0.1, 0.15) is 16.9 Å². The number of aliphatic carboxylic acids is 1. The molecule has 0 spiro atoms. The van der Waals surface area contributed by atoms with E-state index in [2.05, 4.69) is 0 Å². The molecule has 1 aromatic carbocycles. The van der Waals surface area contributed by atoms with E-state index < -0.39 is 33.7 Å². The molecule has 0 aliphatic rings. The van der Waals surface area contributed by atoms with Crippen molar-refractivity contribution in [3.63, 3.8) is 0 Å². The van der Waals surface area contributed by atoms with Gasteiger partial charge in [-0.1, -0.05) is 6.92 Å². The van der Waals surface area contributed by atoms with Gasteiger partial charge < -0.3 is 5.11 Å². The number of carbonyl (C=O) groups is 1. The van der Waals surface area contributed by atoms with E-state index in [1.54, 1.807) is 6.92 Å². The summed E-state index contributed by atoms with van der Waals surface area (Å²) in [5, 5.41) is 7.73. The van der Waals surface area contributed by atoms with Gasteiger partial charge in [-0.25, -0.2) is 8.78 Å². The third-order valence-electron chi connectivity index (χ3n) is 2.27. The molecule has 0 aliphatic carbocycles. The molecule has 6 heteroatoms. The molecular weight excluding hydrogens is 250 g/mol. The van der Waals surface area contributed by atoms with Crippen LogP contribution in [0.1, 0.15) is 18.9 Å². The minimum Gasteiger partial charge on any atom is -0.480 e. The van der Waals surface area contributed by atoms with Gasteiger partial charge in [-0.2, -0.15) is 0 Å². The summed E-state index contributed by atoms with van der Waals surface area (Å²) < 4.78 is 37.8. The van der Waals surface area contributed by atoms with Crippen molar-refractivity contribution < 1.29 is 22.9 Å². The molecule has 3 nitrogen and oxygen atoms in total. The van der Waals surface area contributed by atoms with E-state index in [0.29, 0.717) is 0 Å². The topological polar surface area (TPSA) is 54.4 Å². The monoisotopic (exact) mass is 262 g/mol. The summed E-state index contributed by atoms with van der Waals surface area (Å²) in [5.74, 6) is -2.81. The summed E-state index contributed by atoms with van der Waals surface area (Å²) in [6, 6.07) is 2.82. The van der Waals surface area contributed by atoms with Crippen LogP contribution < -0.4 is 0 Å². The first-order chi connectivity index (χ1) is 7.95. The fourth-order valence-electron chi connectivity index (χ4n) is 1.38.